The van der Waals surface area contributed by atoms with Crippen LogP contribution in [-0.2, 0) is 0 Å². The maximum atomic E-state index is 10.4. The lowest BCUT2D eigenvalue weighted by Gasteiger charge is -2.39. The van der Waals surface area contributed by atoms with E-state index in [0.29, 0.717) is 18.5 Å². The number of hydrogen-bond acceptors (Lipinski definition) is 4. The van der Waals surface area contributed by atoms with Gasteiger partial charge in [-0.1, -0.05) is 6.92 Å². The van der Waals surface area contributed by atoms with Gasteiger partial charge in [-0.05, 0) is 37.0 Å². The topological polar surface area (TPSA) is 78.6 Å². The van der Waals surface area contributed by atoms with Gasteiger partial charge in [-0.15, -0.1) is 0 Å². The third-order valence-corrected chi connectivity index (χ3v) is 4.97. The molecule has 1 saturated heterocycles. The first-order valence-corrected chi connectivity index (χ1v) is 9.27. The zero-order valence-electron chi connectivity index (χ0n) is 15.5. The van der Waals surface area contributed by atoms with E-state index >= 15 is 0 Å². The summed E-state index contributed by atoms with van der Waals surface area (Å²) in [7, 11) is 0. The Bertz CT molecular complexity index is 687. The summed E-state index contributed by atoms with van der Waals surface area (Å²) in [5, 5.41) is 13.8. The van der Waals surface area contributed by atoms with Crippen LogP contribution in [0.25, 0.3) is 0 Å². The molecule has 1 aliphatic rings. The molecule has 1 aliphatic heterocycles. The average Bonchev–Trinajstić information content (AvgIpc) is 3.20. The number of rotatable bonds is 5. The Labute approximate surface area is 154 Å². The van der Waals surface area contributed by atoms with Gasteiger partial charge < -0.3 is 19.9 Å². The molecule has 0 amide bonds. The van der Waals surface area contributed by atoms with Crippen molar-refractivity contribution in [1.82, 2.24) is 24.8 Å². The van der Waals surface area contributed by atoms with Crippen LogP contribution >= 0.6 is 0 Å². The van der Waals surface area contributed by atoms with Gasteiger partial charge in [-0.3, -0.25) is 9.98 Å². The largest absolute Gasteiger partial charge is 0.386 e. The summed E-state index contributed by atoms with van der Waals surface area (Å²) in [6.07, 6.45) is 9.60. The standard InChI is InChI=1S/C19H28N6O/c1-3-22-19(23-12-18(26)16-4-7-20-8-5-16)24-10-6-15(2)17(13-24)25-11-9-21-14-25/h4-5,7-9,11,14-15,17-18,26H,3,6,10,12-13H2,1-2H3,(H,22,23). The van der Waals surface area contributed by atoms with Gasteiger partial charge in [0.25, 0.3) is 0 Å². The summed E-state index contributed by atoms with van der Waals surface area (Å²) >= 11 is 0. The Morgan fingerprint density at radius 1 is 1.35 bits per heavy atom. The van der Waals surface area contributed by atoms with E-state index in [1.807, 2.05) is 30.9 Å². The van der Waals surface area contributed by atoms with E-state index in [1.165, 1.54) is 0 Å². The van der Waals surface area contributed by atoms with Crippen molar-refractivity contribution in [2.75, 3.05) is 26.2 Å². The number of aromatic nitrogens is 3. The van der Waals surface area contributed by atoms with E-state index in [4.69, 9.17) is 4.99 Å². The predicted octanol–water partition coefficient (Wildman–Crippen LogP) is 1.86. The maximum absolute atomic E-state index is 10.4. The molecule has 2 aromatic rings. The molecule has 0 spiro atoms. The fourth-order valence-corrected chi connectivity index (χ4v) is 3.38. The maximum Gasteiger partial charge on any atom is 0.194 e. The van der Waals surface area contributed by atoms with Gasteiger partial charge in [0.05, 0.1) is 25.0 Å². The summed E-state index contributed by atoms with van der Waals surface area (Å²) in [5.74, 6) is 1.45. The molecule has 3 rings (SSSR count). The first kappa shape index (κ1) is 18.4. The normalized spacial score (nSPS) is 22.3. The third kappa shape index (κ3) is 4.40. The minimum Gasteiger partial charge on any atom is -0.386 e. The van der Waals surface area contributed by atoms with E-state index in [2.05, 4.69) is 38.6 Å². The highest BCUT2D eigenvalue weighted by atomic mass is 16.3. The van der Waals surface area contributed by atoms with E-state index in [9.17, 15) is 5.11 Å². The van der Waals surface area contributed by atoms with Crippen molar-refractivity contribution in [1.29, 1.82) is 0 Å². The van der Waals surface area contributed by atoms with Crippen molar-refractivity contribution in [2.45, 2.75) is 32.4 Å². The van der Waals surface area contributed by atoms with E-state index in [-0.39, 0.29) is 0 Å². The number of aliphatic imine (C=N–C) groups is 1. The molecular formula is C19H28N6O. The predicted molar refractivity (Wildman–Crippen MR) is 102 cm³/mol. The van der Waals surface area contributed by atoms with Crippen molar-refractivity contribution < 1.29 is 5.11 Å². The molecule has 7 nitrogen and oxygen atoms in total. The molecular weight excluding hydrogens is 328 g/mol. The van der Waals surface area contributed by atoms with Crippen LogP contribution in [0.1, 0.15) is 38.0 Å². The Kier molecular flexibility index (Phi) is 6.22. The van der Waals surface area contributed by atoms with Crippen LogP contribution in [0.3, 0.4) is 0 Å². The quantitative estimate of drug-likeness (QED) is 0.631. The van der Waals surface area contributed by atoms with Gasteiger partial charge in [0.1, 0.15) is 0 Å². The number of guanidine groups is 1. The zero-order valence-corrected chi connectivity index (χ0v) is 15.5. The summed E-state index contributed by atoms with van der Waals surface area (Å²) < 4.78 is 2.19. The second-order valence-corrected chi connectivity index (χ2v) is 6.78. The van der Waals surface area contributed by atoms with Gasteiger partial charge in [0.15, 0.2) is 5.96 Å². The van der Waals surface area contributed by atoms with Crippen LogP contribution in [-0.4, -0.2) is 56.7 Å². The number of nitrogens with zero attached hydrogens (tertiary/aromatic N) is 5. The van der Waals surface area contributed by atoms with Crippen molar-refractivity contribution in [3.63, 3.8) is 0 Å². The summed E-state index contributed by atoms with van der Waals surface area (Å²) in [6.45, 7) is 7.33. The van der Waals surface area contributed by atoms with Crippen LogP contribution in [0.15, 0.2) is 48.2 Å². The highest BCUT2D eigenvalue weighted by Gasteiger charge is 2.29. The van der Waals surface area contributed by atoms with Crippen molar-refractivity contribution in [3.05, 3.63) is 48.8 Å². The number of nitrogens with one attached hydrogen (secondary N) is 1. The lowest BCUT2D eigenvalue weighted by atomic mass is 9.93. The fourth-order valence-electron chi connectivity index (χ4n) is 3.38. The molecule has 2 N–H and O–H groups in total. The molecule has 3 heterocycles. The number of aliphatic hydroxyl groups excluding tert-OH is 1. The molecule has 26 heavy (non-hydrogen) atoms. The van der Waals surface area contributed by atoms with Crippen molar-refractivity contribution in [2.24, 2.45) is 10.9 Å². The SMILES string of the molecule is CCNC(=NCC(O)c1ccncc1)N1CCC(C)C(n2ccnc2)C1. The van der Waals surface area contributed by atoms with Crippen LogP contribution in [0, 0.1) is 5.92 Å². The minimum atomic E-state index is -0.625. The Balaban J connectivity index is 1.70. The van der Waals surface area contributed by atoms with E-state index in [1.54, 1.807) is 12.4 Å². The highest BCUT2D eigenvalue weighted by molar-refractivity contribution is 5.80. The highest BCUT2D eigenvalue weighted by Crippen LogP contribution is 2.27. The van der Waals surface area contributed by atoms with Crippen LogP contribution in [0.5, 0.6) is 0 Å². The Morgan fingerprint density at radius 2 is 2.15 bits per heavy atom. The number of imidazole rings is 1. The second kappa shape index (κ2) is 8.80. The molecule has 3 atom stereocenters. The smallest absolute Gasteiger partial charge is 0.194 e. The third-order valence-electron chi connectivity index (χ3n) is 4.97. The van der Waals surface area contributed by atoms with Gasteiger partial charge in [0, 0.05) is 44.4 Å². The molecule has 0 saturated carbocycles. The number of hydrogen-bond donors (Lipinski definition) is 2. The van der Waals surface area contributed by atoms with Gasteiger partial charge in [-0.25, -0.2) is 4.98 Å². The summed E-state index contributed by atoms with van der Waals surface area (Å²) in [5.41, 5.74) is 0.836. The molecule has 1 fully saturated rings. The lowest BCUT2D eigenvalue weighted by Crippen LogP contribution is -2.49. The molecule has 140 valence electrons. The average molecular weight is 356 g/mol. The number of likely N-dealkylation sites (tertiary alicyclic amines) is 1. The lowest BCUT2D eigenvalue weighted by molar-refractivity contribution is 0.179. The van der Waals surface area contributed by atoms with Gasteiger partial charge >= 0.3 is 0 Å². The monoisotopic (exact) mass is 356 g/mol. The molecule has 2 aromatic heterocycles. The second-order valence-electron chi connectivity index (χ2n) is 6.78. The zero-order chi connectivity index (χ0) is 18.4. The van der Waals surface area contributed by atoms with Crippen molar-refractivity contribution >= 4 is 5.96 Å². The molecule has 0 aliphatic carbocycles. The molecule has 0 aromatic carbocycles. The molecule has 0 bridgehead atoms. The first-order chi connectivity index (χ1) is 12.7. The fraction of sp³-hybridized carbons (Fsp3) is 0.526. The van der Waals surface area contributed by atoms with E-state index < -0.39 is 6.10 Å². The van der Waals surface area contributed by atoms with Crippen molar-refractivity contribution in [3.8, 4) is 0 Å². The van der Waals surface area contributed by atoms with E-state index in [0.717, 1.165) is 37.6 Å². The van der Waals surface area contributed by atoms with Crippen LogP contribution < -0.4 is 5.32 Å². The number of aliphatic hydroxyl groups is 1. The van der Waals surface area contributed by atoms with Crippen LogP contribution in [0.4, 0.5) is 0 Å². The Morgan fingerprint density at radius 3 is 2.85 bits per heavy atom. The molecule has 0 radical (unpaired) electrons. The van der Waals surface area contributed by atoms with Gasteiger partial charge in [0.2, 0.25) is 0 Å². The number of pyridine rings is 1. The molecule has 3 unspecified atom stereocenters. The number of piperidine rings is 1. The summed E-state index contributed by atoms with van der Waals surface area (Å²) in [4.78, 5) is 15.2. The summed E-state index contributed by atoms with van der Waals surface area (Å²) in [6, 6.07) is 4.02. The molecule has 7 heteroatoms. The van der Waals surface area contributed by atoms with Crippen LogP contribution in [0.2, 0.25) is 0 Å². The first-order valence-electron chi connectivity index (χ1n) is 9.27. The Hall–Kier alpha value is -2.41. The minimum absolute atomic E-state index is 0.328. The van der Waals surface area contributed by atoms with Gasteiger partial charge in [-0.2, -0.15) is 0 Å².